The van der Waals surface area contributed by atoms with E-state index >= 15 is 0 Å². The van der Waals surface area contributed by atoms with Crippen molar-refractivity contribution >= 4 is 0 Å². The number of allylic oxidation sites excluding steroid dienone is 1. The molecule has 0 bridgehead atoms. The summed E-state index contributed by atoms with van der Waals surface area (Å²) < 4.78 is 10.5. The van der Waals surface area contributed by atoms with E-state index in [0.29, 0.717) is 0 Å². The second-order valence-electron chi connectivity index (χ2n) is 3.03. The van der Waals surface area contributed by atoms with Crippen LogP contribution in [0.1, 0.15) is 33.6 Å². The lowest BCUT2D eigenvalue weighted by Crippen LogP contribution is -1.99. The Hall–Kier alpha value is -0.500. The van der Waals surface area contributed by atoms with Crippen LogP contribution >= 0.6 is 0 Å². The molecule has 0 aliphatic carbocycles. The first-order valence-electron chi connectivity index (χ1n) is 4.60. The average molecular weight is 172 g/mol. The van der Waals surface area contributed by atoms with Crippen LogP contribution in [0.2, 0.25) is 0 Å². The van der Waals surface area contributed by atoms with Crippen LogP contribution in [0.3, 0.4) is 0 Å². The van der Waals surface area contributed by atoms with Gasteiger partial charge in [0.15, 0.2) is 0 Å². The first-order chi connectivity index (χ1) is 5.77. The van der Waals surface area contributed by atoms with Crippen molar-refractivity contribution in [3.63, 3.8) is 0 Å². The summed E-state index contributed by atoms with van der Waals surface area (Å²) in [6.45, 7) is 8.59. The first kappa shape index (κ1) is 11.5. The quantitative estimate of drug-likeness (QED) is 0.434. The summed E-state index contributed by atoms with van der Waals surface area (Å²) in [6, 6.07) is 0. The molecule has 0 spiro atoms. The first-order valence-corrected chi connectivity index (χ1v) is 4.60. The summed E-state index contributed by atoms with van der Waals surface area (Å²) in [6.07, 6.45) is 3.86. The Balaban J connectivity index is 2.96. The highest BCUT2D eigenvalue weighted by molar-refractivity contribution is 4.86. The second kappa shape index (κ2) is 8.60. The smallest absolute Gasteiger partial charge is 0.0895 e. The van der Waals surface area contributed by atoms with Crippen LogP contribution in [-0.2, 0) is 9.47 Å². The Bertz CT molecular complexity index is 115. The topological polar surface area (TPSA) is 18.5 Å². The summed E-state index contributed by atoms with van der Waals surface area (Å²) in [4.78, 5) is 0. The molecular formula is C10H20O2. The fourth-order valence-electron chi connectivity index (χ4n) is 0.716. The van der Waals surface area contributed by atoms with E-state index < -0.39 is 0 Å². The number of hydrogen-bond donors (Lipinski definition) is 0. The zero-order valence-corrected chi connectivity index (χ0v) is 8.43. The summed E-state index contributed by atoms with van der Waals surface area (Å²) in [7, 11) is 0. The van der Waals surface area contributed by atoms with Gasteiger partial charge in [0.1, 0.15) is 0 Å². The average Bonchev–Trinajstić information content (AvgIpc) is 2.02. The lowest BCUT2D eigenvalue weighted by Gasteiger charge is -2.02. The molecule has 0 N–H and O–H groups in total. The van der Waals surface area contributed by atoms with Gasteiger partial charge in [-0.3, -0.25) is 0 Å². The summed E-state index contributed by atoms with van der Waals surface area (Å²) in [5, 5.41) is 0. The zero-order valence-electron chi connectivity index (χ0n) is 8.43. The predicted molar refractivity (Wildman–Crippen MR) is 51.1 cm³/mol. The van der Waals surface area contributed by atoms with Crippen molar-refractivity contribution in [3.8, 4) is 0 Å². The van der Waals surface area contributed by atoms with Gasteiger partial charge in [-0.25, -0.2) is 0 Å². The van der Waals surface area contributed by atoms with Gasteiger partial charge in [-0.1, -0.05) is 6.92 Å². The van der Waals surface area contributed by atoms with Crippen LogP contribution in [0.25, 0.3) is 0 Å². The second-order valence-corrected chi connectivity index (χ2v) is 3.03. The monoisotopic (exact) mass is 172 g/mol. The van der Waals surface area contributed by atoms with E-state index in [2.05, 4.69) is 6.92 Å². The molecule has 0 aromatic rings. The highest BCUT2D eigenvalue weighted by Crippen LogP contribution is 1.92. The molecule has 2 nitrogen and oxygen atoms in total. The third kappa shape index (κ3) is 9.50. The minimum atomic E-state index is 0.759. The molecular weight excluding hydrogens is 152 g/mol. The Labute approximate surface area is 75.6 Å². The van der Waals surface area contributed by atoms with Gasteiger partial charge in [0.2, 0.25) is 0 Å². The number of ether oxygens (including phenoxy) is 2. The molecule has 0 aromatic heterocycles. The van der Waals surface area contributed by atoms with Crippen LogP contribution < -0.4 is 0 Å². The van der Waals surface area contributed by atoms with E-state index in [9.17, 15) is 0 Å². The van der Waals surface area contributed by atoms with E-state index in [-0.39, 0.29) is 0 Å². The summed E-state index contributed by atoms with van der Waals surface area (Å²) in [5.41, 5.74) is 1.20. The molecule has 0 fully saturated rings. The third-order valence-corrected chi connectivity index (χ3v) is 1.22. The summed E-state index contributed by atoms with van der Waals surface area (Å²) in [5.74, 6) is 0. The third-order valence-electron chi connectivity index (χ3n) is 1.22. The predicted octanol–water partition coefficient (Wildman–Crippen LogP) is 2.74. The molecule has 2 heteroatoms. The normalized spacial score (nSPS) is 9.58. The van der Waals surface area contributed by atoms with Crippen molar-refractivity contribution in [2.24, 2.45) is 0 Å². The van der Waals surface area contributed by atoms with E-state index in [1.54, 1.807) is 6.26 Å². The molecule has 0 saturated carbocycles. The van der Waals surface area contributed by atoms with Crippen molar-refractivity contribution < 1.29 is 9.47 Å². The molecule has 0 heterocycles. The highest BCUT2D eigenvalue weighted by Gasteiger charge is 1.87. The lowest BCUT2D eigenvalue weighted by atomic mass is 10.4. The van der Waals surface area contributed by atoms with Gasteiger partial charge in [0, 0.05) is 19.6 Å². The largest absolute Gasteiger partial charge is 0.501 e. The maximum Gasteiger partial charge on any atom is 0.0895 e. The maximum atomic E-state index is 5.29. The minimum Gasteiger partial charge on any atom is -0.501 e. The Morgan fingerprint density at radius 2 is 1.92 bits per heavy atom. The van der Waals surface area contributed by atoms with Gasteiger partial charge in [-0.2, -0.15) is 0 Å². The molecule has 0 saturated heterocycles. The Kier molecular flexibility index (Phi) is 8.24. The van der Waals surface area contributed by atoms with E-state index in [1.165, 1.54) is 5.57 Å². The number of hydrogen-bond acceptors (Lipinski definition) is 2. The fraction of sp³-hybridized carbons (Fsp3) is 0.800. The van der Waals surface area contributed by atoms with Crippen molar-refractivity contribution in [3.05, 3.63) is 11.8 Å². The Morgan fingerprint density at radius 3 is 2.50 bits per heavy atom. The van der Waals surface area contributed by atoms with E-state index in [4.69, 9.17) is 9.47 Å². The van der Waals surface area contributed by atoms with Crippen LogP contribution in [-0.4, -0.2) is 19.8 Å². The van der Waals surface area contributed by atoms with Crippen molar-refractivity contribution in [1.29, 1.82) is 0 Å². The lowest BCUT2D eigenvalue weighted by molar-refractivity contribution is 0.112. The van der Waals surface area contributed by atoms with Crippen LogP contribution in [0.5, 0.6) is 0 Å². The van der Waals surface area contributed by atoms with Crippen molar-refractivity contribution in [1.82, 2.24) is 0 Å². The zero-order chi connectivity index (χ0) is 9.23. The van der Waals surface area contributed by atoms with Crippen LogP contribution in [0.4, 0.5) is 0 Å². The maximum absolute atomic E-state index is 5.29. The van der Waals surface area contributed by atoms with Gasteiger partial charge in [0.25, 0.3) is 0 Å². The highest BCUT2D eigenvalue weighted by atomic mass is 16.5. The minimum absolute atomic E-state index is 0.759. The molecule has 0 atom stereocenters. The number of rotatable bonds is 7. The van der Waals surface area contributed by atoms with Gasteiger partial charge in [-0.05, 0) is 25.8 Å². The standard InChI is InChI=1S/C10H20O2/c1-4-6-11-7-5-8-12-9-10(2)3/h9H,4-8H2,1-3H3. The van der Waals surface area contributed by atoms with Gasteiger partial charge < -0.3 is 9.47 Å². The SMILES string of the molecule is CCCOCCCOC=C(C)C. The summed E-state index contributed by atoms with van der Waals surface area (Å²) >= 11 is 0. The van der Waals surface area contributed by atoms with Crippen molar-refractivity contribution in [2.75, 3.05) is 19.8 Å². The molecule has 12 heavy (non-hydrogen) atoms. The van der Waals surface area contributed by atoms with Crippen LogP contribution in [0.15, 0.2) is 11.8 Å². The molecule has 72 valence electrons. The molecule has 0 unspecified atom stereocenters. The van der Waals surface area contributed by atoms with Crippen LogP contribution in [0, 0.1) is 0 Å². The van der Waals surface area contributed by atoms with Gasteiger partial charge >= 0.3 is 0 Å². The molecule has 0 aromatic carbocycles. The molecule has 0 radical (unpaired) electrons. The van der Waals surface area contributed by atoms with Crippen molar-refractivity contribution in [2.45, 2.75) is 33.6 Å². The van der Waals surface area contributed by atoms with Gasteiger partial charge in [-0.15, -0.1) is 0 Å². The van der Waals surface area contributed by atoms with Gasteiger partial charge in [0.05, 0.1) is 12.9 Å². The Morgan fingerprint density at radius 1 is 1.17 bits per heavy atom. The van der Waals surface area contributed by atoms with E-state index in [0.717, 1.165) is 32.7 Å². The van der Waals surface area contributed by atoms with E-state index in [1.807, 2.05) is 13.8 Å². The molecule has 0 rings (SSSR count). The fourth-order valence-corrected chi connectivity index (χ4v) is 0.716. The molecule has 0 amide bonds. The molecule has 0 aliphatic rings. The molecule has 0 aliphatic heterocycles.